The van der Waals surface area contributed by atoms with Crippen LogP contribution in [0.4, 0.5) is 0 Å². The molecule has 4 heteroatoms. The molecule has 0 aliphatic rings. The van der Waals surface area contributed by atoms with Crippen molar-refractivity contribution in [2.24, 2.45) is 0 Å². The summed E-state index contributed by atoms with van der Waals surface area (Å²) in [6.07, 6.45) is 4.08. The molecule has 0 radical (unpaired) electrons. The number of hydrogen-bond acceptors (Lipinski definition) is 2. The minimum Gasteiger partial charge on any atom is -0.352 e. The van der Waals surface area contributed by atoms with Gasteiger partial charge in [-0.3, -0.25) is 4.79 Å². The van der Waals surface area contributed by atoms with E-state index in [2.05, 4.69) is 48.4 Å². The molecule has 28 heavy (non-hydrogen) atoms. The molecule has 0 saturated carbocycles. The first-order chi connectivity index (χ1) is 13.5. The van der Waals surface area contributed by atoms with Crippen LogP contribution in [-0.2, 0) is 11.2 Å². The summed E-state index contributed by atoms with van der Waals surface area (Å²) in [5.74, 6) is -0.128. The molecule has 0 spiro atoms. The van der Waals surface area contributed by atoms with Gasteiger partial charge in [0.25, 0.3) is 0 Å². The molecule has 2 aromatic carbocycles. The third kappa shape index (κ3) is 5.30. The lowest BCUT2D eigenvalue weighted by molar-refractivity contribution is -0.116. The normalized spacial score (nSPS) is 11.3. The fraction of sp³-hybridized carbons (Fsp3) is 0.167. The highest BCUT2D eigenvalue weighted by atomic mass is 35.5. The maximum Gasteiger partial charge on any atom is 0.244 e. The zero-order chi connectivity index (χ0) is 19.9. The van der Waals surface area contributed by atoms with E-state index < -0.39 is 0 Å². The highest BCUT2D eigenvalue weighted by Crippen LogP contribution is 2.26. The lowest BCUT2D eigenvalue weighted by Crippen LogP contribution is -2.24. The first kappa shape index (κ1) is 19.8. The Morgan fingerprint density at radius 2 is 1.75 bits per heavy atom. The first-order valence-electron chi connectivity index (χ1n) is 9.26. The van der Waals surface area contributed by atoms with Gasteiger partial charge in [-0.2, -0.15) is 0 Å². The van der Waals surface area contributed by atoms with E-state index in [-0.39, 0.29) is 5.91 Å². The highest BCUT2D eigenvalue weighted by molar-refractivity contribution is 6.29. The Balaban J connectivity index is 1.83. The van der Waals surface area contributed by atoms with Crippen LogP contribution < -0.4 is 5.32 Å². The van der Waals surface area contributed by atoms with Gasteiger partial charge < -0.3 is 5.32 Å². The minimum absolute atomic E-state index is 0.128. The molecule has 0 aliphatic heterocycles. The lowest BCUT2D eigenvalue weighted by atomic mass is 9.95. The average Bonchev–Trinajstić information content (AvgIpc) is 2.69. The number of hydrogen-bond donors (Lipinski definition) is 1. The number of pyridine rings is 1. The molecule has 0 aliphatic carbocycles. The number of carbonyl (C=O) groups is 1. The summed E-state index contributed by atoms with van der Waals surface area (Å²) < 4.78 is 0. The smallest absolute Gasteiger partial charge is 0.244 e. The number of halogens is 1. The summed E-state index contributed by atoms with van der Waals surface area (Å²) in [5, 5.41) is 3.38. The molecule has 142 valence electrons. The molecule has 3 aromatic rings. The second kappa shape index (κ2) is 9.34. The summed E-state index contributed by atoms with van der Waals surface area (Å²) in [6, 6.07) is 19.9. The van der Waals surface area contributed by atoms with Crippen LogP contribution in [0.5, 0.6) is 0 Å². The highest BCUT2D eigenvalue weighted by Gasteiger charge is 2.10. The summed E-state index contributed by atoms with van der Waals surface area (Å²) in [4.78, 5) is 16.6. The van der Waals surface area contributed by atoms with E-state index in [0.717, 1.165) is 23.1 Å². The number of aromatic nitrogens is 1. The van der Waals surface area contributed by atoms with E-state index in [4.69, 9.17) is 11.6 Å². The standard InChI is InChI=1S/C24H23ClN2O/c1-17-8-9-20(14-18(17)2)22(21-11-13-26-23(25)15-21)16-24(28)27-12-10-19-6-4-3-5-7-19/h3-9,11,13-16H,10,12H2,1-2H3,(H,27,28)/b22-16-. The van der Waals surface area contributed by atoms with Crippen LogP contribution in [0.15, 0.2) is 72.9 Å². The maximum atomic E-state index is 12.6. The predicted octanol–water partition coefficient (Wildman–Crippen LogP) is 5.14. The van der Waals surface area contributed by atoms with Gasteiger partial charge in [0.2, 0.25) is 5.91 Å². The Bertz CT molecular complexity index is 996. The van der Waals surface area contributed by atoms with Crippen LogP contribution in [0.3, 0.4) is 0 Å². The van der Waals surface area contributed by atoms with Crippen molar-refractivity contribution in [1.82, 2.24) is 10.3 Å². The van der Waals surface area contributed by atoms with Gasteiger partial charge in [0.1, 0.15) is 5.15 Å². The molecule has 1 aromatic heterocycles. The van der Waals surface area contributed by atoms with Gasteiger partial charge >= 0.3 is 0 Å². The van der Waals surface area contributed by atoms with E-state index in [1.54, 1.807) is 18.3 Å². The van der Waals surface area contributed by atoms with Gasteiger partial charge in [0.05, 0.1) is 0 Å². The molecule has 0 unspecified atom stereocenters. The Hall–Kier alpha value is -2.91. The predicted molar refractivity (Wildman–Crippen MR) is 115 cm³/mol. The van der Waals surface area contributed by atoms with Gasteiger partial charge in [-0.1, -0.05) is 60.1 Å². The first-order valence-corrected chi connectivity index (χ1v) is 9.64. The molecule has 3 rings (SSSR count). The van der Waals surface area contributed by atoms with Crippen molar-refractivity contribution in [1.29, 1.82) is 0 Å². The van der Waals surface area contributed by atoms with Gasteiger partial charge in [0, 0.05) is 18.8 Å². The molecule has 0 bridgehead atoms. The van der Waals surface area contributed by atoms with E-state index in [1.807, 2.05) is 30.3 Å². The molecular weight excluding hydrogens is 368 g/mol. The zero-order valence-corrected chi connectivity index (χ0v) is 16.8. The molecule has 0 atom stereocenters. The van der Waals surface area contributed by atoms with E-state index in [9.17, 15) is 4.79 Å². The molecule has 0 saturated heterocycles. The molecule has 1 heterocycles. The zero-order valence-electron chi connectivity index (χ0n) is 16.1. The van der Waals surface area contributed by atoms with Crippen molar-refractivity contribution in [3.8, 4) is 0 Å². The number of nitrogens with zero attached hydrogens (tertiary/aromatic N) is 1. The Morgan fingerprint density at radius 3 is 2.46 bits per heavy atom. The quantitative estimate of drug-likeness (QED) is 0.467. The fourth-order valence-corrected chi connectivity index (χ4v) is 3.14. The number of nitrogens with one attached hydrogen (secondary N) is 1. The monoisotopic (exact) mass is 390 g/mol. The van der Waals surface area contributed by atoms with Crippen molar-refractivity contribution in [3.63, 3.8) is 0 Å². The van der Waals surface area contributed by atoms with Crippen LogP contribution >= 0.6 is 11.6 Å². The summed E-state index contributed by atoms with van der Waals surface area (Å²) >= 11 is 6.08. The van der Waals surface area contributed by atoms with Gasteiger partial charge in [-0.15, -0.1) is 0 Å². The molecule has 3 nitrogen and oxygen atoms in total. The van der Waals surface area contributed by atoms with Gasteiger partial charge in [-0.05, 0) is 65.8 Å². The molecular formula is C24H23ClN2O. The molecule has 1 amide bonds. The van der Waals surface area contributed by atoms with Crippen molar-refractivity contribution in [2.75, 3.05) is 6.54 Å². The Morgan fingerprint density at radius 1 is 1.00 bits per heavy atom. The van der Waals surface area contributed by atoms with E-state index in [0.29, 0.717) is 11.7 Å². The van der Waals surface area contributed by atoms with Crippen molar-refractivity contribution < 1.29 is 4.79 Å². The molecule has 1 N–H and O–H groups in total. The van der Waals surface area contributed by atoms with Gasteiger partial charge in [-0.25, -0.2) is 4.98 Å². The van der Waals surface area contributed by atoms with Crippen LogP contribution in [0.1, 0.15) is 27.8 Å². The fourth-order valence-electron chi connectivity index (χ4n) is 2.97. The topological polar surface area (TPSA) is 42.0 Å². The lowest BCUT2D eigenvalue weighted by Gasteiger charge is -2.11. The van der Waals surface area contributed by atoms with Crippen molar-refractivity contribution in [3.05, 3.63) is 106 Å². The number of amides is 1. The minimum atomic E-state index is -0.128. The number of rotatable bonds is 6. The summed E-state index contributed by atoms with van der Waals surface area (Å²) in [6.45, 7) is 4.72. The van der Waals surface area contributed by atoms with Crippen molar-refractivity contribution >= 4 is 23.1 Å². The maximum absolute atomic E-state index is 12.6. The summed E-state index contributed by atoms with van der Waals surface area (Å²) in [7, 11) is 0. The SMILES string of the molecule is Cc1ccc(/C(=C/C(=O)NCCc2ccccc2)c2ccnc(Cl)c2)cc1C. The Labute approximate surface area is 171 Å². The number of benzene rings is 2. The van der Waals surface area contributed by atoms with Gasteiger partial charge in [0.15, 0.2) is 0 Å². The number of carbonyl (C=O) groups excluding carboxylic acids is 1. The van der Waals surface area contributed by atoms with Crippen molar-refractivity contribution in [2.45, 2.75) is 20.3 Å². The molecule has 0 fully saturated rings. The second-order valence-electron chi connectivity index (χ2n) is 6.75. The largest absolute Gasteiger partial charge is 0.352 e. The third-order valence-corrected chi connectivity index (χ3v) is 4.89. The Kier molecular flexibility index (Phi) is 6.62. The number of aryl methyl sites for hydroxylation is 2. The third-order valence-electron chi connectivity index (χ3n) is 4.69. The van der Waals surface area contributed by atoms with Crippen LogP contribution in [0.25, 0.3) is 5.57 Å². The van der Waals surface area contributed by atoms with E-state index in [1.165, 1.54) is 16.7 Å². The van der Waals surface area contributed by atoms with Crippen LogP contribution in [-0.4, -0.2) is 17.4 Å². The van der Waals surface area contributed by atoms with Crippen LogP contribution in [0.2, 0.25) is 5.15 Å². The second-order valence-corrected chi connectivity index (χ2v) is 7.14. The van der Waals surface area contributed by atoms with Crippen LogP contribution in [0, 0.1) is 13.8 Å². The summed E-state index contributed by atoms with van der Waals surface area (Å²) in [5.41, 5.74) is 6.24. The average molecular weight is 391 g/mol. The van der Waals surface area contributed by atoms with E-state index >= 15 is 0 Å².